The van der Waals surface area contributed by atoms with Gasteiger partial charge in [0.2, 0.25) is 5.89 Å². The molecule has 2 fully saturated rings. The number of rotatable bonds is 3. The molecule has 1 N–H and O–H groups in total. The van der Waals surface area contributed by atoms with Crippen LogP contribution in [0.15, 0.2) is 22.7 Å². The number of piperidine rings is 1. The molecule has 6 nitrogen and oxygen atoms in total. The minimum Gasteiger partial charge on any atom is -0.415 e. The van der Waals surface area contributed by atoms with E-state index < -0.39 is 12.3 Å². The molecule has 0 radical (unpaired) electrons. The molecule has 0 amide bonds. The number of alkyl halides is 2. The largest absolute Gasteiger partial charge is 0.415 e. The summed E-state index contributed by atoms with van der Waals surface area (Å²) >= 11 is 0. The van der Waals surface area contributed by atoms with Crippen LogP contribution in [0, 0.1) is 5.41 Å². The standard InChI is InChI=1S/C15H17F2N5O/c16-12(17)14-21-20-13(23-14)10-1-2-11(19-7-10)22-5-3-15(4-6-22)8-18-9-15/h1-2,7,12,18H,3-6,8-9H2. The van der Waals surface area contributed by atoms with E-state index in [0.29, 0.717) is 11.0 Å². The number of nitrogens with zero attached hydrogens (tertiary/aromatic N) is 4. The Labute approximate surface area is 131 Å². The Hall–Kier alpha value is -2.09. The number of hydrogen-bond donors (Lipinski definition) is 1. The third-order valence-corrected chi connectivity index (χ3v) is 4.77. The number of nitrogens with one attached hydrogen (secondary N) is 1. The van der Waals surface area contributed by atoms with Crippen LogP contribution in [0.5, 0.6) is 0 Å². The van der Waals surface area contributed by atoms with Crippen LogP contribution in [0.25, 0.3) is 11.5 Å². The topological polar surface area (TPSA) is 67.1 Å². The molecule has 2 aromatic heterocycles. The van der Waals surface area contributed by atoms with Crippen LogP contribution in [-0.2, 0) is 0 Å². The predicted octanol–water partition coefficient (Wildman–Crippen LogP) is 2.26. The molecule has 2 aromatic rings. The molecule has 0 saturated carbocycles. The molecule has 4 rings (SSSR count). The molecule has 8 heteroatoms. The first-order chi connectivity index (χ1) is 11.2. The fourth-order valence-corrected chi connectivity index (χ4v) is 3.18. The lowest BCUT2D eigenvalue weighted by Crippen LogP contribution is -2.58. The van der Waals surface area contributed by atoms with E-state index in [1.54, 1.807) is 12.3 Å². The van der Waals surface area contributed by atoms with Gasteiger partial charge in [0.15, 0.2) is 0 Å². The molecule has 2 saturated heterocycles. The molecule has 2 aliphatic heterocycles. The van der Waals surface area contributed by atoms with E-state index in [-0.39, 0.29) is 5.89 Å². The van der Waals surface area contributed by atoms with Crippen LogP contribution in [0.1, 0.15) is 25.2 Å². The quantitative estimate of drug-likeness (QED) is 0.935. The van der Waals surface area contributed by atoms with E-state index in [1.807, 2.05) is 6.07 Å². The second-order valence-corrected chi connectivity index (χ2v) is 6.24. The molecule has 0 bridgehead atoms. The molecule has 0 unspecified atom stereocenters. The summed E-state index contributed by atoms with van der Waals surface area (Å²) in [5, 5.41) is 10.3. The first-order valence-electron chi connectivity index (χ1n) is 7.69. The second kappa shape index (κ2) is 5.52. The van der Waals surface area contributed by atoms with Gasteiger partial charge in [-0.2, -0.15) is 8.78 Å². The van der Waals surface area contributed by atoms with E-state index in [9.17, 15) is 8.78 Å². The number of pyridine rings is 1. The van der Waals surface area contributed by atoms with Crippen LogP contribution < -0.4 is 10.2 Å². The predicted molar refractivity (Wildman–Crippen MR) is 79.2 cm³/mol. The van der Waals surface area contributed by atoms with E-state index in [2.05, 4.69) is 25.4 Å². The lowest BCUT2D eigenvalue weighted by atomic mass is 9.73. The van der Waals surface area contributed by atoms with Crippen molar-refractivity contribution in [1.82, 2.24) is 20.5 Å². The summed E-state index contributed by atoms with van der Waals surface area (Å²) in [4.78, 5) is 6.68. The Bertz CT molecular complexity index is 673. The van der Waals surface area contributed by atoms with Gasteiger partial charge in [-0.25, -0.2) is 4.98 Å². The smallest absolute Gasteiger partial charge is 0.314 e. The molecular formula is C15H17F2N5O. The monoisotopic (exact) mass is 321 g/mol. The van der Waals surface area contributed by atoms with Gasteiger partial charge in [0.25, 0.3) is 5.89 Å². The van der Waals surface area contributed by atoms with Crippen molar-refractivity contribution in [2.24, 2.45) is 5.41 Å². The highest BCUT2D eigenvalue weighted by Gasteiger charge is 2.39. The zero-order chi connectivity index (χ0) is 15.9. The summed E-state index contributed by atoms with van der Waals surface area (Å²) in [6, 6.07) is 3.65. The fourth-order valence-electron chi connectivity index (χ4n) is 3.18. The van der Waals surface area contributed by atoms with Crippen LogP contribution in [0.3, 0.4) is 0 Å². The van der Waals surface area contributed by atoms with E-state index >= 15 is 0 Å². The Balaban J connectivity index is 1.45. The van der Waals surface area contributed by atoms with Crippen molar-refractivity contribution in [3.05, 3.63) is 24.2 Å². The van der Waals surface area contributed by atoms with Crippen LogP contribution >= 0.6 is 0 Å². The average Bonchev–Trinajstić information content (AvgIpc) is 3.04. The van der Waals surface area contributed by atoms with Gasteiger partial charge in [-0.3, -0.25) is 0 Å². The summed E-state index contributed by atoms with van der Waals surface area (Å²) in [6.07, 6.45) is 1.17. The van der Waals surface area contributed by atoms with E-state index in [4.69, 9.17) is 4.42 Å². The molecule has 122 valence electrons. The zero-order valence-electron chi connectivity index (χ0n) is 12.5. The number of anilines is 1. The molecular weight excluding hydrogens is 304 g/mol. The van der Waals surface area contributed by atoms with E-state index in [0.717, 1.165) is 32.0 Å². The van der Waals surface area contributed by atoms with Gasteiger partial charge in [-0.05, 0) is 30.4 Å². The first-order valence-corrected chi connectivity index (χ1v) is 7.69. The number of hydrogen-bond acceptors (Lipinski definition) is 6. The van der Waals surface area contributed by atoms with Crippen LogP contribution in [-0.4, -0.2) is 41.4 Å². The number of halogens is 2. The number of aromatic nitrogens is 3. The fraction of sp³-hybridized carbons (Fsp3) is 0.533. The molecule has 4 heterocycles. The highest BCUT2D eigenvalue weighted by Crippen LogP contribution is 2.36. The summed E-state index contributed by atoms with van der Waals surface area (Å²) in [7, 11) is 0. The molecule has 0 aliphatic carbocycles. The van der Waals surface area contributed by atoms with Gasteiger partial charge >= 0.3 is 6.43 Å². The molecule has 1 spiro atoms. The minimum absolute atomic E-state index is 0.0671. The van der Waals surface area contributed by atoms with Crippen molar-refractivity contribution in [1.29, 1.82) is 0 Å². The second-order valence-electron chi connectivity index (χ2n) is 6.24. The summed E-state index contributed by atoms with van der Waals surface area (Å²) in [5.41, 5.74) is 1.04. The van der Waals surface area contributed by atoms with Crippen molar-refractivity contribution in [3.8, 4) is 11.5 Å². The van der Waals surface area contributed by atoms with Crippen molar-refractivity contribution in [2.75, 3.05) is 31.1 Å². The van der Waals surface area contributed by atoms with Gasteiger partial charge in [0, 0.05) is 32.4 Å². The normalized spacial score (nSPS) is 20.0. The van der Waals surface area contributed by atoms with Gasteiger partial charge in [-0.1, -0.05) is 0 Å². The molecule has 23 heavy (non-hydrogen) atoms. The minimum atomic E-state index is -2.76. The van der Waals surface area contributed by atoms with Crippen molar-refractivity contribution in [3.63, 3.8) is 0 Å². The Kier molecular flexibility index (Phi) is 3.48. The van der Waals surface area contributed by atoms with Crippen LogP contribution in [0.4, 0.5) is 14.6 Å². The third-order valence-electron chi connectivity index (χ3n) is 4.77. The highest BCUT2D eigenvalue weighted by atomic mass is 19.3. The summed E-state index contributed by atoms with van der Waals surface area (Å²) < 4.78 is 29.9. The maximum Gasteiger partial charge on any atom is 0.314 e. The van der Waals surface area contributed by atoms with E-state index in [1.165, 1.54) is 12.8 Å². The lowest BCUT2D eigenvalue weighted by Gasteiger charge is -2.48. The maximum atomic E-state index is 12.5. The van der Waals surface area contributed by atoms with Gasteiger partial charge in [-0.15, -0.1) is 10.2 Å². The lowest BCUT2D eigenvalue weighted by molar-refractivity contribution is 0.116. The molecule has 0 atom stereocenters. The average molecular weight is 321 g/mol. The first kappa shape index (κ1) is 14.5. The Morgan fingerprint density at radius 2 is 1.96 bits per heavy atom. The Morgan fingerprint density at radius 3 is 2.48 bits per heavy atom. The van der Waals surface area contributed by atoms with Crippen molar-refractivity contribution < 1.29 is 13.2 Å². The summed E-state index contributed by atoms with van der Waals surface area (Å²) in [6.45, 7) is 4.22. The van der Waals surface area contributed by atoms with Crippen molar-refractivity contribution >= 4 is 5.82 Å². The zero-order valence-corrected chi connectivity index (χ0v) is 12.5. The highest BCUT2D eigenvalue weighted by molar-refractivity contribution is 5.54. The third kappa shape index (κ3) is 2.67. The summed E-state index contributed by atoms with van der Waals surface area (Å²) in [5.74, 6) is 0.293. The molecule has 2 aliphatic rings. The maximum absolute atomic E-state index is 12.5. The van der Waals surface area contributed by atoms with Crippen molar-refractivity contribution in [2.45, 2.75) is 19.3 Å². The van der Waals surface area contributed by atoms with Gasteiger partial charge in [0.1, 0.15) is 5.82 Å². The molecule has 0 aromatic carbocycles. The Morgan fingerprint density at radius 1 is 1.17 bits per heavy atom. The van der Waals surface area contributed by atoms with Gasteiger partial charge < -0.3 is 14.6 Å². The van der Waals surface area contributed by atoms with Crippen LogP contribution in [0.2, 0.25) is 0 Å². The van der Waals surface area contributed by atoms with Gasteiger partial charge in [0.05, 0.1) is 5.56 Å². The SMILES string of the molecule is FC(F)c1nnc(-c2ccc(N3CCC4(CC3)CNC4)nc2)o1.